The van der Waals surface area contributed by atoms with E-state index in [1.54, 1.807) is 0 Å². The highest BCUT2D eigenvalue weighted by Gasteiger charge is 2.66. The molecule has 0 aromatic heterocycles. The summed E-state index contributed by atoms with van der Waals surface area (Å²) in [5.74, 6) is 0.832. The first kappa shape index (κ1) is 19.8. The van der Waals surface area contributed by atoms with E-state index in [1.165, 1.54) is 13.8 Å². The van der Waals surface area contributed by atoms with Crippen LogP contribution >= 0.6 is 0 Å². The fourth-order valence-corrected chi connectivity index (χ4v) is 7.46. The second-order valence-electron chi connectivity index (χ2n) is 9.90. The Labute approximate surface area is 166 Å². The fourth-order valence-electron chi connectivity index (χ4n) is 7.46. The quantitative estimate of drug-likeness (QED) is 0.750. The maximum absolute atomic E-state index is 12.3. The van der Waals surface area contributed by atoms with Crippen LogP contribution < -0.4 is 0 Å². The number of ether oxygens (including phenoxy) is 1. The summed E-state index contributed by atoms with van der Waals surface area (Å²) in [6.07, 6.45) is 8.02. The molecule has 0 heterocycles. The molecule has 1 N–H and O–H groups in total. The van der Waals surface area contributed by atoms with Crippen molar-refractivity contribution in [3.8, 4) is 0 Å². The molecule has 6 atom stereocenters. The third-order valence-electron chi connectivity index (χ3n) is 8.95. The first-order valence-electron chi connectivity index (χ1n) is 10.7. The maximum Gasteiger partial charge on any atom is 0.302 e. The molecule has 0 saturated heterocycles. The van der Waals surface area contributed by atoms with E-state index in [0.717, 1.165) is 44.1 Å². The van der Waals surface area contributed by atoms with E-state index in [4.69, 9.17) is 4.74 Å². The van der Waals surface area contributed by atoms with Crippen LogP contribution in [-0.2, 0) is 19.1 Å². The largest absolute Gasteiger partial charge is 0.465 e. The molecule has 154 valence electrons. The zero-order valence-corrected chi connectivity index (χ0v) is 17.3. The van der Waals surface area contributed by atoms with Gasteiger partial charge in [0.05, 0.1) is 0 Å². The van der Waals surface area contributed by atoms with Crippen molar-refractivity contribution in [2.75, 3.05) is 6.61 Å². The van der Waals surface area contributed by atoms with E-state index in [0.29, 0.717) is 37.2 Å². The van der Waals surface area contributed by atoms with Crippen molar-refractivity contribution in [3.63, 3.8) is 0 Å². The van der Waals surface area contributed by atoms with Gasteiger partial charge in [-0.3, -0.25) is 14.4 Å². The number of rotatable bonds is 3. The Bertz CT molecular complexity index is 754. The van der Waals surface area contributed by atoms with Crippen LogP contribution in [0.1, 0.15) is 72.1 Å². The molecule has 3 fully saturated rings. The van der Waals surface area contributed by atoms with Crippen LogP contribution in [0.5, 0.6) is 0 Å². The lowest BCUT2D eigenvalue weighted by atomic mass is 9.46. The van der Waals surface area contributed by atoms with Crippen molar-refractivity contribution in [2.45, 2.75) is 77.7 Å². The lowest BCUT2D eigenvalue weighted by Gasteiger charge is -2.59. The van der Waals surface area contributed by atoms with Gasteiger partial charge in [0.15, 0.2) is 11.6 Å². The number of esters is 1. The van der Waals surface area contributed by atoms with Crippen molar-refractivity contribution in [1.29, 1.82) is 0 Å². The first-order chi connectivity index (χ1) is 13.1. The monoisotopic (exact) mass is 388 g/mol. The van der Waals surface area contributed by atoms with Gasteiger partial charge in [-0.15, -0.1) is 0 Å². The average Bonchev–Trinajstić information content (AvgIpc) is 2.92. The van der Waals surface area contributed by atoms with Gasteiger partial charge < -0.3 is 9.84 Å². The predicted molar refractivity (Wildman–Crippen MR) is 103 cm³/mol. The van der Waals surface area contributed by atoms with E-state index < -0.39 is 5.60 Å². The van der Waals surface area contributed by atoms with Crippen LogP contribution in [-0.4, -0.2) is 34.9 Å². The summed E-state index contributed by atoms with van der Waals surface area (Å²) in [7, 11) is 0. The Morgan fingerprint density at radius 3 is 2.50 bits per heavy atom. The summed E-state index contributed by atoms with van der Waals surface area (Å²) in [5, 5.41) is 11.2. The van der Waals surface area contributed by atoms with E-state index in [1.807, 2.05) is 6.08 Å². The standard InChI is InChI=1S/C23H32O5/c1-14(24)23(27)11-8-19-18-5-4-16-12-17(26)6-10-22(16,13-28-15(2)25)20(18)7-9-21(19,23)3/h12,18-20,27H,4-11,13H2,1-3H3/t18-,19-,20-,21-,22+,23-/m0/s1. The van der Waals surface area contributed by atoms with Gasteiger partial charge in [0.2, 0.25) is 0 Å². The molecule has 0 spiro atoms. The number of hydrogen-bond acceptors (Lipinski definition) is 5. The second kappa shape index (κ2) is 6.51. The molecule has 4 aliphatic rings. The highest BCUT2D eigenvalue weighted by Crippen LogP contribution is 2.67. The van der Waals surface area contributed by atoms with Gasteiger partial charge in [-0.05, 0) is 75.7 Å². The molecule has 0 aromatic carbocycles. The van der Waals surface area contributed by atoms with E-state index in [2.05, 4.69) is 6.92 Å². The molecule has 0 aliphatic heterocycles. The number of carbonyl (C=O) groups excluding carboxylic acids is 3. The Balaban J connectivity index is 1.71. The number of ketones is 2. The van der Waals surface area contributed by atoms with E-state index in [9.17, 15) is 19.5 Å². The SMILES string of the molecule is CC(=O)OC[C@]12CCC(=O)C=C1CC[C@@H]1[C@@H]2CC[C@@]2(C)[C@H]1CC[C@]2(O)C(C)=O. The van der Waals surface area contributed by atoms with Gasteiger partial charge in [0.25, 0.3) is 0 Å². The van der Waals surface area contributed by atoms with Crippen LogP contribution in [0.2, 0.25) is 0 Å². The smallest absolute Gasteiger partial charge is 0.302 e. The summed E-state index contributed by atoms with van der Waals surface area (Å²) in [6, 6.07) is 0. The minimum Gasteiger partial charge on any atom is -0.465 e. The van der Waals surface area contributed by atoms with Crippen LogP contribution in [0.15, 0.2) is 11.6 Å². The summed E-state index contributed by atoms with van der Waals surface area (Å²) in [4.78, 5) is 36.0. The molecule has 0 bridgehead atoms. The highest BCUT2D eigenvalue weighted by atomic mass is 16.5. The minimum atomic E-state index is -1.22. The number of Topliss-reactive ketones (excluding diaryl/α,β-unsaturated/α-hetero) is 1. The Kier molecular flexibility index (Phi) is 4.61. The number of aliphatic hydroxyl groups is 1. The zero-order chi connectivity index (χ0) is 20.3. The normalized spacial score (nSPS) is 44.8. The van der Waals surface area contributed by atoms with Crippen LogP contribution in [0, 0.1) is 28.6 Å². The maximum atomic E-state index is 12.3. The molecule has 5 heteroatoms. The summed E-state index contributed by atoms with van der Waals surface area (Å²) in [6.45, 7) is 5.42. The van der Waals surface area contributed by atoms with Crippen LogP contribution in [0.4, 0.5) is 0 Å². The molecular formula is C23H32O5. The number of hydrogen-bond donors (Lipinski definition) is 1. The topological polar surface area (TPSA) is 80.7 Å². The van der Waals surface area contributed by atoms with Crippen LogP contribution in [0.25, 0.3) is 0 Å². The van der Waals surface area contributed by atoms with Gasteiger partial charge in [0, 0.05) is 24.2 Å². The molecule has 0 amide bonds. The molecular weight excluding hydrogens is 356 g/mol. The summed E-state index contributed by atoms with van der Waals surface area (Å²) < 4.78 is 5.55. The van der Waals surface area contributed by atoms with Crippen molar-refractivity contribution in [1.82, 2.24) is 0 Å². The first-order valence-corrected chi connectivity index (χ1v) is 10.7. The Morgan fingerprint density at radius 2 is 1.82 bits per heavy atom. The number of fused-ring (bicyclic) bond motifs is 5. The Hall–Kier alpha value is -1.49. The predicted octanol–water partition coefficient (Wildman–Crippen LogP) is 3.38. The van der Waals surface area contributed by atoms with Crippen molar-refractivity contribution >= 4 is 17.5 Å². The minimum absolute atomic E-state index is 0.106. The van der Waals surface area contributed by atoms with Crippen molar-refractivity contribution in [2.24, 2.45) is 28.6 Å². The molecule has 5 nitrogen and oxygen atoms in total. The zero-order valence-electron chi connectivity index (χ0n) is 17.3. The third-order valence-corrected chi connectivity index (χ3v) is 8.95. The third kappa shape index (κ3) is 2.58. The lowest BCUT2D eigenvalue weighted by molar-refractivity contribution is -0.165. The van der Waals surface area contributed by atoms with Crippen LogP contribution in [0.3, 0.4) is 0 Å². The fraction of sp³-hybridized carbons (Fsp3) is 0.783. The molecule has 0 aromatic rings. The Morgan fingerprint density at radius 1 is 1.11 bits per heavy atom. The molecule has 4 rings (SSSR count). The second-order valence-corrected chi connectivity index (χ2v) is 9.90. The average molecular weight is 389 g/mol. The summed E-state index contributed by atoms with van der Waals surface area (Å²) in [5.41, 5.74) is -0.686. The highest BCUT2D eigenvalue weighted by molar-refractivity contribution is 5.91. The molecule has 3 saturated carbocycles. The van der Waals surface area contributed by atoms with Gasteiger partial charge in [-0.25, -0.2) is 0 Å². The van der Waals surface area contributed by atoms with Gasteiger partial charge >= 0.3 is 5.97 Å². The number of carbonyl (C=O) groups is 3. The molecule has 0 unspecified atom stereocenters. The lowest BCUT2D eigenvalue weighted by Crippen LogP contribution is -2.58. The van der Waals surface area contributed by atoms with E-state index in [-0.39, 0.29) is 28.4 Å². The van der Waals surface area contributed by atoms with Gasteiger partial charge in [-0.2, -0.15) is 0 Å². The molecule has 28 heavy (non-hydrogen) atoms. The van der Waals surface area contributed by atoms with E-state index >= 15 is 0 Å². The van der Waals surface area contributed by atoms with Gasteiger partial charge in [-0.1, -0.05) is 12.5 Å². The van der Waals surface area contributed by atoms with Crippen molar-refractivity contribution in [3.05, 3.63) is 11.6 Å². The molecule has 4 aliphatic carbocycles. The summed E-state index contributed by atoms with van der Waals surface area (Å²) >= 11 is 0. The van der Waals surface area contributed by atoms with Crippen molar-refractivity contribution < 1.29 is 24.2 Å². The van der Waals surface area contributed by atoms with Gasteiger partial charge in [0.1, 0.15) is 12.2 Å². The molecule has 0 radical (unpaired) electrons.